The minimum absolute atomic E-state index is 0.0585. The molecule has 0 N–H and O–H groups in total. The van der Waals surface area contributed by atoms with Crippen LogP contribution in [0, 0.1) is 13.8 Å². The van der Waals surface area contributed by atoms with Crippen LogP contribution >= 0.6 is 0 Å². The van der Waals surface area contributed by atoms with E-state index in [1.165, 1.54) is 0 Å². The number of benzene rings is 2. The second-order valence-electron chi connectivity index (χ2n) is 8.85. The molecule has 3 heterocycles. The fourth-order valence-corrected chi connectivity index (χ4v) is 4.69. The van der Waals surface area contributed by atoms with Crippen molar-refractivity contribution in [3.05, 3.63) is 63.9 Å². The SMILES string of the molecule is Cc1cccc(/C=C2\Oc3c(cc4c(c3C)OCN(CCCN3CCOCC3)C4)C2=O)c1. The van der Waals surface area contributed by atoms with Crippen LogP contribution in [0.3, 0.4) is 0 Å². The molecule has 0 aromatic heterocycles. The lowest BCUT2D eigenvalue weighted by molar-refractivity contribution is 0.0329. The van der Waals surface area contributed by atoms with Gasteiger partial charge in [-0.1, -0.05) is 29.8 Å². The number of allylic oxidation sites excluding steroid dienone is 1. The van der Waals surface area contributed by atoms with Crippen LogP contribution in [0.2, 0.25) is 0 Å². The zero-order chi connectivity index (χ0) is 22.1. The van der Waals surface area contributed by atoms with Crippen molar-refractivity contribution in [1.29, 1.82) is 0 Å². The Labute approximate surface area is 189 Å². The maximum absolute atomic E-state index is 13.1. The van der Waals surface area contributed by atoms with E-state index in [1.807, 2.05) is 50.3 Å². The average Bonchev–Trinajstić information content (AvgIpc) is 3.10. The lowest BCUT2D eigenvalue weighted by Gasteiger charge is -2.31. The van der Waals surface area contributed by atoms with Crippen LogP contribution in [0.1, 0.15) is 39.0 Å². The first kappa shape index (κ1) is 21.2. The number of carbonyl (C=O) groups is 1. The normalized spacial score (nSPS) is 20.1. The van der Waals surface area contributed by atoms with E-state index in [9.17, 15) is 4.79 Å². The highest BCUT2D eigenvalue weighted by molar-refractivity contribution is 6.15. The molecule has 2 aromatic rings. The molecule has 6 nitrogen and oxygen atoms in total. The van der Waals surface area contributed by atoms with Crippen LogP contribution in [-0.4, -0.2) is 61.7 Å². The molecule has 32 heavy (non-hydrogen) atoms. The molecule has 3 aliphatic heterocycles. The summed E-state index contributed by atoms with van der Waals surface area (Å²) in [6.45, 7) is 11.1. The number of carbonyl (C=O) groups excluding carboxylic acids is 1. The molecule has 0 aliphatic carbocycles. The van der Waals surface area contributed by atoms with Gasteiger partial charge < -0.3 is 14.2 Å². The molecule has 0 amide bonds. The molecule has 168 valence electrons. The van der Waals surface area contributed by atoms with Gasteiger partial charge in [-0.15, -0.1) is 0 Å². The monoisotopic (exact) mass is 434 g/mol. The third-order valence-corrected chi connectivity index (χ3v) is 6.39. The van der Waals surface area contributed by atoms with Gasteiger partial charge in [0.15, 0.2) is 5.76 Å². The van der Waals surface area contributed by atoms with Gasteiger partial charge in [-0.2, -0.15) is 0 Å². The van der Waals surface area contributed by atoms with E-state index < -0.39 is 0 Å². The number of aryl methyl sites for hydroxylation is 1. The molecule has 0 bridgehead atoms. The standard InChI is InChI=1S/C26H30N2O4/c1-18-5-3-6-20(13-18)14-23-24(29)22-15-21-16-28(8-4-7-27-9-11-30-12-10-27)17-31-25(21)19(2)26(22)32-23/h3,5-6,13-15H,4,7-12,16-17H2,1-2H3/b23-14-. The van der Waals surface area contributed by atoms with Crippen LogP contribution in [0.15, 0.2) is 36.1 Å². The van der Waals surface area contributed by atoms with Crippen LogP contribution in [0.4, 0.5) is 0 Å². The van der Waals surface area contributed by atoms with Gasteiger partial charge in [-0.05, 0) is 44.5 Å². The summed E-state index contributed by atoms with van der Waals surface area (Å²) < 4.78 is 17.6. The molecule has 0 spiro atoms. The Balaban J connectivity index is 1.29. The van der Waals surface area contributed by atoms with Gasteiger partial charge >= 0.3 is 0 Å². The molecule has 2 aromatic carbocycles. The third-order valence-electron chi connectivity index (χ3n) is 6.39. The Bertz CT molecular complexity index is 1060. The number of hydrogen-bond acceptors (Lipinski definition) is 6. The fourth-order valence-electron chi connectivity index (χ4n) is 4.69. The summed E-state index contributed by atoms with van der Waals surface area (Å²) >= 11 is 0. The van der Waals surface area contributed by atoms with Crippen molar-refractivity contribution < 1.29 is 19.0 Å². The van der Waals surface area contributed by atoms with Crippen LogP contribution in [0.5, 0.6) is 11.5 Å². The van der Waals surface area contributed by atoms with Crippen LogP contribution in [0.25, 0.3) is 6.08 Å². The molecule has 1 saturated heterocycles. The van der Waals surface area contributed by atoms with Crippen LogP contribution < -0.4 is 9.47 Å². The minimum Gasteiger partial charge on any atom is -0.477 e. The number of hydrogen-bond donors (Lipinski definition) is 0. The number of fused-ring (bicyclic) bond motifs is 2. The predicted molar refractivity (Wildman–Crippen MR) is 123 cm³/mol. The molecule has 0 unspecified atom stereocenters. The van der Waals surface area contributed by atoms with Crippen molar-refractivity contribution in [3.8, 4) is 11.5 Å². The number of nitrogens with zero attached hydrogens (tertiary/aromatic N) is 2. The molecule has 0 radical (unpaired) electrons. The van der Waals surface area contributed by atoms with Crippen LogP contribution in [-0.2, 0) is 11.3 Å². The van der Waals surface area contributed by atoms with Gasteiger partial charge in [-0.25, -0.2) is 0 Å². The van der Waals surface area contributed by atoms with Gasteiger partial charge in [0, 0.05) is 37.3 Å². The Morgan fingerprint density at radius 1 is 1.03 bits per heavy atom. The van der Waals surface area contributed by atoms with E-state index in [2.05, 4.69) is 9.80 Å². The quantitative estimate of drug-likeness (QED) is 0.668. The number of Topliss-reactive ketones (excluding diaryl/α,β-unsaturated/α-hetero) is 1. The lowest BCUT2D eigenvalue weighted by Crippen LogP contribution is -2.39. The summed E-state index contributed by atoms with van der Waals surface area (Å²) in [7, 11) is 0. The van der Waals surface area contributed by atoms with E-state index in [0.717, 1.165) is 80.4 Å². The highest BCUT2D eigenvalue weighted by Gasteiger charge is 2.33. The molecule has 1 fully saturated rings. The second-order valence-corrected chi connectivity index (χ2v) is 8.85. The van der Waals surface area contributed by atoms with Crippen molar-refractivity contribution in [1.82, 2.24) is 9.80 Å². The van der Waals surface area contributed by atoms with Gasteiger partial charge in [0.2, 0.25) is 5.78 Å². The smallest absolute Gasteiger partial charge is 0.231 e. The van der Waals surface area contributed by atoms with Crippen molar-refractivity contribution >= 4 is 11.9 Å². The van der Waals surface area contributed by atoms with Gasteiger partial charge in [-0.3, -0.25) is 14.6 Å². The lowest BCUT2D eigenvalue weighted by atomic mass is 10.00. The summed E-state index contributed by atoms with van der Waals surface area (Å²) in [6, 6.07) is 10.0. The topological polar surface area (TPSA) is 51.2 Å². The number of morpholine rings is 1. The van der Waals surface area contributed by atoms with E-state index >= 15 is 0 Å². The number of ether oxygens (including phenoxy) is 3. The van der Waals surface area contributed by atoms with Crippen molar-refractivity contribution in [2.45, 2.75) is 26.8 Å². The average molecular weight is 435 g/mol. The Morgan fingerprint density at radius 2 is 1.84 bits per heavy atom. The molecule has 3 aliphatic rings. The molecule has 6 heteroatoms. The molecule has 0 saturated carbocycles. The number of rotatable bonds is 5. The highest BCUT2D eigenvalue weighted by atomic mass is 16.5. The largest absolute Gasteiger partial charge is 0.477 e. The Morgan fingerprint density at radius 3 is 2.66 bits per heavy atom. The maximum atomic E-state index is 13.1. The summed E-state index contributed by atoms with van der Waals surface area (Å²) in [4.78, 5) is 17.8. The van der Waals surface area contributed by atoms with Gasteiger partial charge in [0.25, 0.3) is 0 Å². The third kappa shape index (κ3) is 4.31. The van der Waals surface area contributed by atoms with E-state index in [4.69, 9.17) is 14.2 Å². The van der Waals surface area contributed by atoms with E-state index in [0.29, 0.717) is 23.8 Å². The van der Waals surface area contributed by atoms with E-state index in [1.54, 1.807) is 0 Å². The summed E-state index contributed by atoms with van der Waals surface area (Å²) in [6.07, 6.45) is 2.92. The first-order valence-electron chi connectivity index (χ1n) is 11.4. The zero-order valence-corrected chi connectivity index (χ0v) is 18.9. The predicted octanol–water partition coefficient (Wildman–Crippen LogP) is 3.79. The summed E-state index contributed by atoms with van der Waals surface area (Å²) in [5.41, 5.74) is 4.72. The maximum Gasteiger partial charge on any atom is 0.231 e. The molecule has 0 atom stereocenters. The van der Waals surface area contributed by atoms with Gasteiger partial charge in [0.05, 0.1) is 18.8 Å². The van der Waals surface area contributed by atoms with E-state index in [-0.39, 0.29) is 5.78 Å². The minimum atomic E-state index is -0.0585. The van der Waals surface area contributed by atoms with Gasteiger partial charge in [0.1, 0.15) is 18.2 Å². The fraction of sp³-hybridized carbons (Fsp3) is 0.423. The van der Waals surface area contributed by atoms with Crippen molar-refractivity contribution in [2.24, 2.45) is 0 Å². The molecule has 5 rings (SSSR count). The molecular weight excluding hydrogens is 404 g/mol. The first-order chi connectivity index (χ1) is 15.6. The second kappa shape index (κ2) is 9.06. The van der Waals surface area contributed by atoms with Crippen molar-refractivity contribution in [2.75, 3.05) is 46.1 Å². The number of ketones is 1. The summed E-state index contributed by atoms with van der Waals surface area (Å²) in [5.74, 6) is 1.81. The Hall–Kier alpha value is -2.67. The first-order valence-corrected chi connectivity index (χ1v) is 11.4. The summed E-state index contributed by atoms with van der Waals surface area (Å²) in [5, 5.41) is 0. The highest BCUT2D eigenvalue weighted by Crippen LogP contribution is 2.43. The Kier molecular flexibility index (Phi) is 6.00. The van der Waals surface area contributed by atoms with Crippen molar-refractivity contribution in [3.63, 3.8) is 0 Å². The molecular formula is C26H30N2O4. The zero-order valence-electron chi connectivity index (χ0n) is 18.9.